The van der Waals surface area contributed by atoms with E-state index in [2.05, 4.69) is 9.46 Å². The van der Waals surface area contributed by atoms with E-state index in [9.17, 15) is 18.3 Å². The minimum atomic E-state index is -3.44. The number of ether oxygens (including phenoxy) is 1. The number of nitrogens with one attached hydrogen (secondary N) is 1. The molecule has 2 N–H and O–H groups in total. The van der Waals surface area contributed by atoms with Crippen LogP contribution in [0.25, 0.3) is 0 Å². The van der Waals surface area contributed by atoms with Crippen LogP contribution in [-0.2, 0) is 19.6 Å². The smallest absolute Gasteiger partial charge is 0.305 e. The van der Waals surface area contributed by atoms with Crippen LogP contribution in [0.15, 0.2) is 0 Å². The van der Waals surface area contributed by atoms with E-state index in [1.807, 2.05) is 0 Å². The molecule has 0 aromatic heterocycles. The maximum absolute atomic E-state index is 11.7. The normalized spacial score (nSPS) is 24.8. The molecule has 0 aromatic carbocycles. The summed E-state index contributed by atoms with van der Waals surface area (Å²) in [6.07, 6.45) is 2.87. The Balaban J connectivity index is 2.36. The summed E-state index contributed by atoms with van der Waals surface area (Å²) in [7, 11) is -2.16. The minimum absolute atomic E-state index is 0.0879. The lowest BCUT2D eigenvalue weighted by Crippen LogP contribution is -2.45. The first-order valence-electron chi connectivity index (χ1n) is 6.19. The third-order valence-electron chi connectivity index (χ3n) is 3.08. The predicted molar refractivity (Wildman–Crippen MR) is 66.4 cm³/mol. The highest BCUT2D eigenvalue weighted by Crippen LogP contribution is 2.19. The van der Waals surface area contributed by atoms with Crippen LogP contribution >= 0.6 is 0 Å². The standard InChI is InChI=1S/C11H21NO5S/c1-17-11(14)7-4-8-18(15,16)12-9-5-2-3-6-10(9)13/h9-10,12-13H,2-8H2,1H3/t9-,10-/m0/s1. The van der Waals surface area contributed by atoms with Crippen LogP contribution in [0.3, 0.4) is 0 Å². The molecule has 18 heavy (non-hydrogen) atoms. The highest BCUT2D eigenvalue weighted by atomic mass is 32.2. The lowest BCUT2D eigenvalue weighted by atomic mass is 9.93. The first-order valence-corrected chi connectivity index (χ1v) is 7.85. The van der Waals surface area contributed by atoms with Crippen molar-refractivity contribution in [2.45, 2.75) is 50.7 Å². The third-order valence-corrected chi connectivity index (χ3v) is 4.57. The number of hydrogen-bond donors (Lipinski definition) is 2. The van der Waals surface area contributed by atoms with Crippen molar-refractivity contribution in [3.05, 3.63) is 0 Å². The first-order chi connectivity index (χ1) is 8.44. The van der Waals surface area contributed by atoms with Gasteiger partial charge in [0.1, 0.15) is 0 Å². The van der Waals surface area contributed by atoms with Gasteiger partial charge in [0, 0.05) is 12.5 Å². The van der Waals surface area contributed by atoms with Crippen molar-refractivity contribution >= 4 is 16.0 Å². The lowest BCUT2D eigenvalue weighted by molar-refractivity contribution is -0.140. The molecule has 0 heterocycles. The fourth-order valence-electron chi connectivity index (χ4n) is 2.05. The van der Waals surface area contributed by atoms with Gasteiger partial charge in [-0.05, 0) is 19.3 Å². The van der Waals surface area contributed by atoms with Gasteiger partial charge in [0.15, 0.2) is 0 Å². The maximum Gasteiger partial charge on any atom is 0.305 e. The summed E-state index contributed by atoms with van der Waals surface area (Å²) >= 11 is 0. The van der Waals surface area contributed by atoms with Crippen molar-refractivity contribution in [1.82, 2.24) is 4.72 Å². The summed E-state index contributed by atoms with van der Waals surface area (Å²) in [5, 5.41) is 9.68. The van der Waals surface area contributed by atoms with Crippen LogP contribution in [0.4, 0.5) is 0 Å². The monoisotopic (exact) mass is 279 g/mol. The van der Waals surface area contributed by atoms with Crippen LogP contribution in [0.2, 0.25) is 0 Å². The lowest BCUT2D eigenvalue weighted by Gasteiger charge is -2.28. The van der Waals surface area contributed by atoms with Gasteiger partial charge in [-0.15, -0.1) is 0 Å². The molecule has 1 aliphatic carbocycles. The quantitative estimate of drug-likeness (QED) is 0.676. The summed E-state index contributed by atoms with van der Waals surface area (Å²) in [6, 6.07) is -0.387. The van der Waals surface area contributed by atoms with Crippen LogP contribution in [0, 0.1) is 0 Å². The van der Waals surface area contributed by atoms with Gasteiger partial charge in [-0.2, -0.15) is 0 Å². The number of hydrogen-bond acceptors (Lipinski definition) is 5. The highest BCUT2D eigenvalue weighted by Gasteiger charge is 2.26. The molecule has 1 fully saturated rings. The summed E-state index contributed by atoms with van der Waals surface area (Å²) in [5.41, 5.74) is 0. The van der Waals surface area contributed by atoms with E-state index in [4.69, 9.17) is 0 Å². The summed E-state index contributed by atoms with van der Waals surface area (Å²) in [5.74, 6) is -0.534. The Labute approximate surface area is 108 Å². The molecule has 0 amide bonds. The molecule has 0 bridgehead atoms. The van der Waals surface area contributed by atoms with Crippen molar-refractivity contribution < 1.29 is 23.1 Å². The molecule has 0 aromatic rings. The molecule has 6 nitrogen and oxygen atoms in total. The van der Waals surface area contributed by atoms with Gasteiger partial charge < -0.3 is 9.84 Å². The van der Waals surface area contributed by atoms with E-state index in [0.717, 1.165) is 12.8 Å². The van der Waals surface area contributed by atoms with E-state index in [0.29, 0.717) is 12.8 Å². The fourth-order valence-corrected chi connectivity index (χ4v) is 3.43. The Morgan fingerprint density at radius 3 is 2.67 bits per heavy atom. The Bertz CT molecular complexity index is 368. The molecule has 1 rings (SSSR count). The van der Waals surface area contributed by atoms with E-state index in [-0.39, 0.29) is 24.6 Å². The van der Waals surface area contributed by atoms with Crippen molar-refractivity contribution in [2.75, 3.05) is 12.9 Å². The second-order valence-electron chi connectivity index (χ2n) is 4.57. The molecule has 2 atom stereocenters. The van der Waals surface area contributed by atoms with Gasteiger partial charge in [-0.1, -0.05) is 12.8 Å². The van der Waals surface area contributed by atoms with Crippen LogP contribution < -0.4 is 4.72 Å². The third kappa shape index (κ3) is 5.32. The van der Waals surface area contributed by atoms with Gasteiger partial charge in [0.2, 0.25) is 10.0 Å². The molecule has 0 radical (unpaired) electrons. The Morgan fingerprint density at radius 1 is 1.39 bits per heavy atom. The van der Waals surface area contributed by atoms with Crippen LogP contribution in [0.1, 0.15) is 38.5 Å². The van der Waals surface area contributed by atoms with Crippen molar-refractivity contribution in [3.8, 4) is 0 Å². The molecule has 1 saturated carbocycles. The Kier molecular flexibility index (Phi) is 6.04. The fraction of sp³-hybridized carbons (Fsp3) is 0.909. The second-order valence-corrected chi connectivity index (χ2v) is 6.45. The molecule has 0 saturated heterocycles. The molecule has 106 valence electrons. The molecular formula is C11H21NO5S. The summed E-state index contributed by atoms with van der Waals surface area (Å²) in [6.45, 7) is 0. The number of carbonyl (C=O) groups is 1. The van der Waals surface area contributed by atoms with E-state index in [1.165, 1.54) is 7.11 Å². The zero-order valence-corrected chi connectivity index (χ0v) is 11.4. The van der Waals surface area contributed by atoms with Crippen molar-refractivity contribution in [2.24, 2.45) is 0 Å². The average Bonchev–Trinajstić information content (AvgIpc) is 2.31. The van der Waals surface area contributed by atoms with Crippen molar-refractivity contribution in [3.63, 3.8) is 0 Å². The van der Waals surface area contributed by atoms with Gasteiger partial charge >= 0.3 is 5.97 Å². The molecule has 7 heteroatoms. The number of methoxy groups -OCH3 is 1. The second kappa shape index (κ2) is 7.06. The number of esters is 1. The zero-order valence-electron chi connectivity index (χ0n) is 10.6. The molecular weight excluding hydrogens is 258 g/mol. The largest absolute Gasteiger partial charge is 0.469 e. The van der Waals surface area contributed by atoms with Gasteiger partial charge in [-0.3, -0.25) is 4.79 Å². The van der Waals surface area contributed by atoms with E-state index in [1.54, 1.807) is 0 Å². The van der Waals surface area contributed by atoms with Gasteiger partial charge in [-0.25, -0.2) is 13.1 Å². The minimum Gasteiger partial charge on any atom is -0.469 e. The molecule has 0 aliphatic heterocycles. The number of aliphatic hydroxyl groups excluding tert-OH is 1. The number of rotatable bonds is 6. The highest BCUT2D eigenvalue weighted by molar-refractivity contribution is 7.89. The summed E-state index contributed by atoms with van der Waals surface area (Å²) in [4.78, 5) is 10.9. The van der Waals surface area contributed by atoms with E-state index < -0.39 is 22.1 Å². The topological polar surface area (TPSA) is 92.7 Å². The zero-order chi connectivity index (χ0) is 13.6. The van der Waals surface area contributed by atoms with Crippen molar-refractivity contribution in [1.29, 1.82) is 0 Å². The Hall–Kier alpha value is -0.660. The molecule has 0 unspecified atom stereocenters. The predicted octanol–water partition coefficient (Wildman–Crippen LogP) is 0.162. The number of aliphatic hydroxyl groups is 1. The first kappa shape index (κ1) is 15.4. The van der Waals surface area contributed by atoms with E-state index >= 15 is 0 Å². The maximum atomic E-state index is 11.7. The molecule has 1 aliphatic rings. The van der Waals surface area contributed by atoms with Gasteiger partial charge in [0.05, 0.1) is 19.0 Å². The van der Waals surface area contributed by atoms with Gasteiger partial charge in [0.25, 0.3) is 0 Å². The molecule has 0 spiro atoms. The summed E-state index contributed by atoms with van der Waals surface area (Å²) < 4.78 is 30.4. The average molecular weight is 279 g/mol. The number of carbonyl (C=O) groups excluding carboxylic acids is 1. The SMILES string of the molecule is COC(=O)CCCS(=O)(=O)N[C@H]1CCCC[C@@H]1O. The van der Waals surface area contributed by atoms with Crippen LogP contribution in [0.5, 0.6) is 0 Å². The number of sulfonamides is 1. The van der Waals surface area contributed by atoms with Crippen LogP contribution in [-0.4, -0.2) is 44.5 Å². The Morgan fingerprint density at radius 2 is 2.06 bits per heavy atom.